The van der Waals surface area contributed by atoms with Crippen LogP contribution in [0.15, 0.2) is 59.4 Å². The fraction of sp³-hybridized carbons (Fsp3) is 0.0526. The second-order valence-corrected chi connectivity index (χ2v) is 6.34. The third kappa shape index (κ3) is 3.19. The van der Waals surface area contributed by atoms with E-state index in [0.29, 0.717) is 22.3 Å². The number of hydrogen-bond donors (Lipinski definition) is 3. The van der Waals surface area contributed by atoms with Crippen LogP contribution in [0.25, 0.3) is 22.2 Å². The van der Waals surface area contributed by atoms with Crippen molar-refractivity contribution in [2.45, 2.75) is 0 Å². The van der Waals surface area contributed by atoms with Gasteiger partial charge in [-0.15, -0.1) is 0 Å². The number of benzene rings is 2. The summed E-state index contributed by atoms with van der Waals surface area (Å²) in [5, 5.41) is 7.25. The van der Waals surface area contributed by atoms with Crippen molar-refractivity contribution < 1.29 is 9.53 Å². The molecule has 0 saturated carbocycles. The Balaban J connectivity index is 1.65. The van der Waals surface area contributed by atoms with Crippen molar-refractivity contribution in [3.05, 3.63) is 75.4 Å². The van der Waals surface area contributed by atoms with Crippen LogP contribution in [0.3, 0.4) is 0 Å². The van der Waals surface area contributed by atoms with Gasteiger partial charge in [0.25, 0.3) is 11.5 Å². The molecule has 4 rings (SSSR count). The van der Waals surface area contributed by atoms with E-state index >= 15 is 0 Å². The van der Waals surface area contributed by atoms with Gasteiger partial charge >= 0.3 is 0 Å². The number of nitrogens with zero attached hydrogens (tertiary/aromatic N) is 2. The molecule has 0 unspecified atom stereocenters. The number of carbonyl (C=O) groups excluding carboxylic acids is 1. The summed E-state index contributed by atoms with van der Waals surface area (Å²) in [5.41, 5.74) is 4.24. The number of methoxy groups -OCH3 is 1. The Labute approximate surface area is 163 Å². The minimum atomic E-state index is -0.543. The van der Waals surface area contributed by atoms with E-state index < -0.39 is 11.5 Å². The van der Waals surface area contributed by atoms with Gasteiger partial charge in [-0.1, -0.05) is 24.3 Å². The number of fused-ring (bicyclic) bond motifs is 1. The Morgan fingerprint density at radius 2 is 2.00 bits per heavy atom. The topological polar surface area (TPSA) is 105 Å². The molecule has 0 aliphatic rings. The highest BCUT2D eigenvalue weighted by atomic mass is 32.1. The van der Waals surface area contributed by atoms with Crippen LogP contribution < -0.4 is 15.7 Å². The van der Waals surface area contributed by atoms with Crippen LogP contribution in [0, 0.1) is 4.77 Å². The van der Waals surface area contributed by atoms with Crippen molar-refractivity contribution >= 4 is 29.0 Å². The van der Waals surface area contributed by atoms with E-state index in [0.717, 1.165) is 10.2 Å². The number of para-hydroxylation sites is 1. The second-order valence-electron chi connectivity index (χ2n) is 5.96. The van der Waals surface area contributed by atoms with E-state index in [-0.39, 0.29) is 10.5 Å². The monoisotopic (exact) mass is 393 g/mol. The molecule has 2 aromatic carbocycles. The number of ether oxygens (including phenoxy) is 1. The summed E-state index contributed by atoms with van der Waals surface area (Å²) in [6.07, 6.45) is 0. The third-order valence-corrected chi connectivity index (χ3v) is 4.49. The van der Waals surface area contributed by atoms with Crippen LogP contribution >= 0.6 is 12.2 Å². The lowest BCUT2D eigenvalue weighted by Gasteiger charge is -2.08. The van der Waals surface area contributed by atoms with Crippen molar-refractivity contribution in [2.75, 3.05) is 12.5 Å². The normalized spacial score (nSPS) is 10.8. The zero-order chi connectivity index (χ0) is 19.7. The van der Waals surface area contributed by atoms with E-state index in [9.17, 15) is 9.59 Å². The van der Waals surface area contributed by atoms with Crippen LogP contribution in [0.2, 0.25) is 0 Å². The summed E-state index contributed by atoms with van der Waals surface area (Å²) < 4.78 is 6.29. The molecule has 8 nitrogen and oxygen atoms in total. The Hall–Kier alpha value is -3.72. The number of aromatic nitrogens is 4. The molecule has 2 heterocycles. The van der Waals surface area contributed by atoms with Gasteiger partial charge in [0, 0.05) is 5.56 Å². The summed E-state index contributed by atoms with van der Waals surface area (Å²) in [6, 6.07) is 15.8. The molecular weight excluding hydrogens is 378 g/mol. The molecule has 0 fully saturated rings. The molecule has 0 bridgehead atoms. The predicted molar refractivity (Wildman–Crippen MR) is 108 cm³/mol. The zero-order valence-electron chi connectivity index (χ0n) is 14.7. The molecule has 1 amide bonds. The average molecular weight is 393 g/mol. The predicted octanol–water partition coefficient (Wildman–Crippen LogP) is 2.84. The Bertz CT molecular complexity index is 1300. The maximum absolute atomic E-state index is 12.6. The van der Waals surface area contributed by atoms with Crippen LogP contribution in [0.5, 0.6) is 5.75 Å². The third-order valence-electron chi connectivity index (χ3n) is 4.21. The first-order valence-corrected chi connectivity index (χ1v) is 8.73. The molecule has 2 aromatic heterocycles. The van der Waals surface area contributed by atoms with Gasteiger partial charge in [0.05, 0.1) is 23.7 Å². The van der Waals surface area contributed by atoms with Gasteiger partial charge < -0.3 is 9.72 Å². The molecule has 0 saturated heterocycles. The average Bonchev–Trinajstić information content (AvgIpc) is 3.21. The van der Waals surface area contributed by atoms with E-state index in [1.807, 2.05) is 24.3 Å². The van der Waals surface area contributed by atoms with E-state index in [4.69, 9.17) is 17.0 Å². The summed E-state index contributed by atoms with van der Waals surface area (Å²) >= 11 is 5.20. The number of carbonyl (C=O) groups is 1. The summed E-state index contributed by atoms with van der Waals surface area (Å²) in [5.74, 6) is 0.138. The van der Waals surface area contributed by atoms with Crippen LogP contribution in [-0.4, -0.2) is 32.9 Å². The fourth-order valence-corrected chi connectivity index (χ4v) is 3.03. The largest absolute Gasteiger partial charge is 0.497 e. The zero-order valence-corrected chi connectivity index (χ0v) is 15.5. The number of amides is 1. The molecule has 0 aliphatic carbocycles. The van der Waals surface area contributed by atoms with E-state index in [2.05, 4.69) is 20.6 Å². The minimum absolute atomic E-state index is 0.0876. The lowest BCUT2D eigenvalue weighted by atomic mass is 10.1. The van der Waals surface area contributed by atoms with Gasteiger partial charge in [-0.05, 0) is 42.5 Å². The molecular formula is C19H15N5O3S. The fourth-order valence-electron chi connectivity index (χ4n) is 2.79. The molecule has 9 heteroatoms. The molecule has 0 atom stereocenters. The Morgan fingerprint density at radius 1 is 1.18 bits per heavy atom. The first-order chi connectivity index (χ1) is 13.6. The lowest BCUT2D eigenvalue weighted by Crippen LogP contribution is -2.34. The number of H-pyrrole nitrogens is 2. The van der Waals surface area contributed by atoms with E-state index in [1.165, 1.54) is 0 Å². The van der Waals surface area contributed by atoms with Crippen molar-refractivity contribution in [1.29, 1.82) is 0 Å². The van der Waals surface area contributed by atoms with Gasteiger partial charge in [-0.25, -0.2) is 0 Å². The number of hydrogen-bond acceptors (Lipinski definition) is 5. The molecule has 140 valence electrons. The van der Waals surface area contributed by atoms with Gasteiger partial charge in [0.2, 0.25) is 0 Å². The molecule has 0 radical (unpaired) electrons. The maximum Gasteiger partial charge on any atom is 0.288 e. The van der Waals surface area contributed by atoms with Crippen LogP contribution in [-0.2, 0) is 0 Å². The van der Waals surface area contributed by atoms with Gasteiger partial charge in [-0.3, -0.25) is 20.1 Å². The first kappa shape index (κ1) is 17.7. The van der Waals surface area contributed by atoms with Crippen LogP contribution in [0.1, 0.15) is 10.5 Å². The SMILES string of the molecule is COc1cccc(-c2cc(C(=O)Nn3c(=S)[nH]c4ccccc4c3=O)[nH]n2)c1. The highest BCUT2D eigenvalue weighted by Crippen LogP contribution is 2.22. The van der Waals surface area contributed by atoms with Crippen molar-refractivity contribution in [3.63, 3.8) is 0 Å². The van der Waals surface area contributed by atoms with Crippen LogP contribution in [0.4, 0.5) is 0 Å². The standard InChI is InChI=1S/C19H15N5O3S/c1-27-12-6-4-5-11(9-12)15-10-16(22-21-15)17(25)23-24-18(26)13-7-2-3-8-14(13)20-19(24)28/h2-10H,1H3,(H,20,28)(H,21,22)(H,23,25). The van der Waals surface area contributed by atoms with Gasteiger partial charge in [0.15, 0.2) is 4.77 Å². The number of aromatic amines is 2. The first-order valence-electron chi connectivity index (χ1n) is 8.32. The molecule has 3 N–H and O–H groups in total. The number of nitrogens with one attached hydrogen (secondary N) is 3. The Kier molecular flexibility index (Phi) is 4.50. The number of rotatable bonds is 4. The smallest absolute Gasteiger partial charge is 0.288 e. The molecule has 4 aromatic rings. The molecule has 0 aliphatic heterocycles. The maximum atomic E-state index is 12.6. The van der Waals surface area contributed by atoms with E-state index in [1.54, 1.807) is 37.4 Å². The van der Waals surface area contributed by atoms with Crippen molar-refractivity contribution in [1.82, 2.24) is 19.9 Å². The van der Waals surface area contributed by atoms with Crippen molar-refractivity contribution in [3.8, 4) is 17.0 Å². The molecule has 28 heavy (non-hydrogen) atoms. The quantitative estimate of drug-likeness (QED) is 0.463. The molecule has 0 spiro atoms. The highest BCUT2D eigenvalue weighted by Gasteiger charge is 2.14. The van der Waals surface area contributed by atoms with Gasteiger partial charge in [-0.2, -0.15) is 9.77 Å². The minimum Gasteiger partial charge on any atom is -0.497 e. The Morgan fingerprint density at radius 3 is 2.82 bits per heavy atom. The highest BCUT2D eigenvalue weighted by molar-refractivity contribution is 7.71. The second kappa shape index (κ2) is 7.12. The lowest BCUT2D eigenvalue weighted by molar-refractivity contribution is 0.100. The summed E-state index contributed by atoms with van der Waals surface area (Å²) in [6.45, 7) is 0. The van der Waals surface area contributed by atoms with Gasteiger partial charge in [0.1, 0.15) is 11.4 Å². The summed E-state index contributed by atoms with van der Waals surface area (Å²) in [4.78, 5) is 28.2. The summed E-state index contributed by atoms with van der Waals surface area (Å²) in [7, 11) is 1.58. The van der Waals surface area contributed by atoms with Crippen molar-refractivity contribution in [2.24, 2.45) is 0 Å².